The predicted octanol–water partition coefficient (Wildman–Crippen LogP) is 3.43. The van der Waals surface area contributed by atoms with Gasteiger partial charge in [0.1, 0.15) is 11.6 Å². The number of amides is 1. The summed E-state index contributed by atoms with van der Waals surface area (Å²) in [5.41, 5.74) is 7.45. The number of aromatic nitrogens is 1. The van der Waals surface area contributed by atoms with Crippen molar-refractivity contribution in [1.82, 2.24) is 4.98 Å². The molecule has 4 nitrogen and oxygen atoms in total. The molecule has 0 aliphatic rings. The van der Waals surface area contributed by atoms with Crippen molar-refractivity contribution >= 4 is 33.3 Å². The first-order valence-corrected chi connectivity index (χ1v) is 6.67. The maximum atomic E-state index is 13.3. The van der Waals surface area contributed by atoms with Crippen LogP contribution >= 0.6 is 15.9 Å². The quantitative estimate of drug-likeness (QED) is 0.825. The van der Waals surface area contributed by atoms with Crippen molar-refractivity contribution < 1.29 is 9.18 Å². The summed E-state index contributed by atoms with van der Waals surface area (Å²) < 4.78 is 13.6. The second-order valence-electron chi connectivity index (χ2n) is 4.48. The Balaban J connectivity index is 2.30. The fourth-order valence-electron chi connectivity index (χ4n) is 1.83. The SMILES string of the molecule is Cc1cc(C)nc(NC(=O)c2cc(N)c(F)cc2Br)c1. The zero-order chi connectivity index (χ0) is 14.9. The summed E-state index contributed by atoms with van der Waals surface area (Å²) in [6.07, 6.45) is 0. The monoisotopic (exact) mass is 337 g/mol. The third kappa shape index (κ3) is 3.14. The van der Waals surface area contributed by atoms with E-state index in [9.17, 15) is 9.18 Å². The van der Waals surface area contributed by atoms with Gasteiger partial charge in [0.2, 0.25) is 0 Å². The number of nitrogen functional groups attached to an aromatic ring is 1. The van der Waals surface area contributed by atoms with Crippen molar-refractivity contribution in [2.45, 2.75) is 13.8 Å². The Bertz CT molecular complexity index is 668. The van der Waals surface area contributed by atoms with E-state index in [4.69, 9.17) is 5.73 Å². The molecule has 0 aliphatic carbocycles. The number of nitrogens with two attached hydrogens (primary N) is 1. The number of hydrogen-bond donors (Lipinski definition) is 2. The molecule has 1 amide bonds. The van der Waals surface area contributed by atoms with E-state index in [0.29, 0.717) is 10.3 Å². The number of nitrogens with zero attached hydrogens (tertiary/aromatic N) is 1. The molecule has 2 aromatic rings. The Morgan fingerprint density at radius 3 is 2.65 bits per heavy atom. The Morgan fingerprint density at radius 2 is 2.00 bits per heavy atom. The first kappa shape index (κ1) is 14.5. The van der Waals surface area contributed by atoms with E-state index >= 15 is 0 Å². The number of rotatable bonds is 2. The van der Waals surface area contributed by atoms with Gasteiger partial charge >= 0.3 is 0 Å². The van der Waals surface area contributed by atoms with E-state index in [2.05, 4.69) is 26.2 Å². The van der Waals surface area contributed by atoms with Crippen LogP contribution in [0.5, 0.6) is 0 Å². The summed E-state index contributed by atoms with van der Waals surface area (Å²) in [6, 6.07) is 6.11. The molecule has 6 heteroatoms. The molecule has 0 unspecified atom stereocenters. The third-order valence-electron chi connectivity index (χ3n) is 2.67. The van der Waals surface area contributed by atoms with Crippen LogP contribution in [0.4, 0.5) is 15.9 Å². The normalized spacial score (nSPS) is 10.4. The third-order valence-corrected chi connectivity index (χ3v) is 3.33. The lowest BCUT2D eigenvalue weighted by Gasteiger charge is -2.09. The number of anilines is 2. The molecule has 20 heavy (non-hydrogen) atoms. The molecular weight excluding hydrogens is 325 g/mol. The fourth-order valence-corrected chi connectivity index (χ4v) is 2.32. The molecule has 0 radical (unpaired) electrons. The average Bonchev–Trinajstić information content (AvgIpc) is 2.32. The van der Waals surface area contributed by atoms with E-state index in [1.807, 2.05) is 19.9 Å². The molecule has 1 heterocycles. The van der Waals surface area contributed by atoms with E-state index in [-0.39, 0.29) is 11.3 Å². The largest absolute Gasteiger partial charge is 0.396 e. The van der Waals surface area contributed by atoms with Gasteiger partial charge in [0, 0.05) is 10.2 Å². The second-order valence-corrected chi connectivity index (χ2v) is 5.33. The summed E-state index contributed by atoms with van der Waals surface area (Å²) in [5, 5.41) is 2.67. The number of carbonyl (C=O) groups excluding carboxylic acids is 1. The van der Waals surface area contributed by atoms with E-state index < -0.39 is 11.7 Å². The molecular formula is C14H13BrFN3O. The number of nitrogens with one attached hydrogen (secondary N) is 1. The molecule has 1 aromatic carbocycles. The first-order chi connectivity index (χ1) is 9.36. The maximum Gasteiger partial charge on any atom is 0.258 e. The van der Waals surface area contributed by atoms with Crippen LogP contribution in [0, 0.1) is 19.7 Å². The smallest absolute Gasteiger partial charge is 0.258 e. The van der Waals surface area contributed by atoms with Crippen LogP contribution in [-0.4, -0.2) is 10.9 Å². The van der Waals surface area contributed by atoms with Gasteiger partial charge in [-0.05, 0) is 59.6 Å². The standard InChI is InChI=1S/C14H13BrFN3O/c1-7-3-8(2)18-13(4-7)19-14(20)9-5-12(17)11(16)6-10(9)15/h3-6H,17H2,1-2H3,(H,18,19,20). The van der Waals surface area contributed by atoms with Crippen LogP contribution in [-0.2, 0) is 0 Å². The van der Waals surface area contributed by atoms with Gasteiger partial charge in [-0.2, -0.15) is 0 Å². The Hall–Kier alpha value is -1.95. The van der Waals surface area contributed by atoms with E-state index in [1.165, 1.54) is 12.1 Å². The maximum absolute atomic E-state index is 13.3. The van der Waals surface area contributed by atoms with Gasteiger partial charge in [0.15, 0.2) is 0 Å². The van der Waals surface area contributed by atoms with Gasteiger partial charge in [-0.1, -0.05) is 0 Å². The van der Waals surface area contributed by atoms with Gasteiger partial charge in [-0.3, -0.25) is 4.79 Å². The van der Waals surface area contributed by atoms with Crippen molar-refractivity contribution in [3.05, 3.63) is 51.4 Å². The number of pyridine rings is 1. The number of carbonyl (C=O) groups is 1. The van der Waals surface area contributed by atoms with Crippen LogP contribution in [0.15, 0.2) is 28.7 Å². The molecule has 0 saturated heterocycles. The fraction of sp³-hybridized carbons (Fsp3) is 0.143. The Labute approximate surface area is 124 Å². The highest BCUT2D eigenvalue weighted by Gasteiger charge is 2.14. The first-order valence-electron chi connectivity index (χ1n) is 5.88. The molecule has 0 fully saturated rings. The van der Waals surface area contributed by atoms with Gasteiger partial charge < -0.3 is 11.1 Å². The zero-order valence-electron chi connectivity index (χ0n) is 11.0. The lowest BCUT2D eigenvalue weighted by atomic mass is 10.2. The summed E-state index contributed by atoms with van der Waals surface area (Å²) in [6.45, 7) is 3.75. The molecule has 2 rings (SSSR count). The highest BCUT2D eigenvalue weighted by atomic mass is 79.9. The topological polar surface area (TPSA) is 68.0 Å². The summed E-state index contributed by atoms with van der Waals surface area (Å²) >= 11 is 3.15. The number of benzene rings is 1. The summed E-state index contributed by atoms with van der Waals surface area (Å²) in [4.78, 5) is 16.4. The van der Waals surface area contributed by atoms with Crippen LogP contribution in [0.2, 0.25) is 0 Å². The lowest BCUT2D eigenvalue weighted by molar-refractivity contribution is 0.102. The molecule has 3 N–H and O–H groups in total. The van der Waals surface area contributed by atoms with Crippen LogP contribution in [0.1, 0.15) is 21.6 Å². The van der Waals surface area contributed by atoms with Crippen molar-refractivity contribution in [3.8, 4) is 0 Å². The molecule has 0 aliphatic heterocycles. The Morgan fingerprint density at radius 1 is 1.30 bits per heavy atom. The van der Waals surface area contributed by atoms with Crippen molar-refractivity contribution in [2.24, 2.45) is 0 Å². The van der Waals surface area contributed by atoms with Crippen molar-refractivity contribution in [2.75, 3.05) is 11.1 Å². The van der Waals surface area contributed by atoms with E-state index in [1.54, 1.807) is 6.07 Å². The van der Waals surface area contributed by atoms with Crippen LogP contribution < -0.4 is 11.1 Å². The van der Waals surface area contributed by atoms with E-state index in [0.717, 1.165) is 11.3 Å². The van der Waals surface area contributed by atoms with Gasteiger partial charge in [0.25, 0.3) is 5.91 Å². The molecule has 0 bridgehead atoms. The molecule has 1 aromatic heterocycles. The highest BCUT2D eigenvalue weighted by Crippen LogP contribution is 2.23. The highest BCUT2D eigenvalue weighted by molar-refractivity contribution is 9.10. The molecule has 0 atom stereocenters. The Kier molecular flexibility index (Phi) is 4.04. The minimum absolute atomic E-state index is 0.0771. The lowest BCUT2D eigenvalue weighted by Crippen LogP contribution is -2.14. The molecule has 0 saturated carbocycles. The van der Waals surface area contributed by atoms with Crippen LogP contribution in [0.25, 0.3) is 0 Å². The number of hydrogen-bond acceptors (Lipinski definition) is 3. The minimum Gasteiger partial charge on any atom is -0.396 e. The minimum atomic E-state index is -0.571. The van der Waals surface area contributed by atoms with Crippen molar-refractivity contribution in [3.63, 3.8) is 0 Å². The van der Waals surface area contributed by atoms with Gasteiger partial charge in [-0.15, -0.1) is 0 Å². The molecule has 0 spiro atoms. The van der Waals surface area contributed by atoms with Gasteiger partial charge in [0.05, 0.1) is 11.3 Å². The summed E-state index contributed by atoms with van der Waals surface area (Å²) in [5.74, 6) is -0.527. The molecule has 104 valence electrons. The number of aryl methyl sites for hydroxylation is 2. The van der Waals surface area contributed by atoms with Crippen LogP contribution in [0.3, 0.4) is 0 Å². The zero-order valence-corrected chi connectivity index (χ0v) is 12.6. The summed E-state index contributed by atoms with van der Waals surface area (Å²) in [7, 11) is 0. The van der Waals surface area contributed by atoms with Crippen molar-refractivity contribution in [1.29, 1.82) is 0 Å². The predicted molar refractivity (Wildman–Crippen MR) is 80.2 cm³/mol. The average molecular weight is 338 g/mol. The second kappa shape index (κ2) is 5.58. The number of halogens is 2. The van der Waals surface area contributed by atoms with Gasteiger partial charge in [-0.25, -0.2) is 9.37 Å².